The van der Waals surface area contributed by atoms with E-state index in [9.17, 15) is 9.59 Å². The quantitative estimate of drug-likeness (QED) is 0.792. The lowest BCUT2D eigenvalue weighted by atomic mass is 9.80. The minimum absolute atomic E-state index is 0.315. The van der Waals surface area contributed by atoms with E-state index >= 15 is 0 Å². The van der Waals surface area contributed by atoms with Gasteiger partial charge in [0, 0.05) is 24.7 Å². The molecule has 0 N–H and O–H groups in total. The molecule has 0 unspecified atom stereocenters. The molecule has 2 aliphatic carbocycles. The molecule has 3 rings (SSSR count). The number of hydrogen-bond acceptors (Lipinski definition) is 2. The van der Waals surface area contributed by atoms with Gasteiger partial charge in [0.15, 0.2) is 0 Å². The van der Waals surface area contributed by atoms with Crippen LogP contribution in [0.3, 0.4) is 0 Å². The van der Waals surface area contributed by atoms with Crippen LogP contribution in [0.1, 0.15) is 49.7 Å². The first-order valence-electron chi connectivity index (χ1n) is 7.85. The molecule has 0 amide bonds. The van der Waals surface area contributed by atoms with Crippen molar-refractivity contribution in [3.05, 3.63) is 35.4 Å². The zero-order valence-electron chi connectivity index (χ0n) is 11.9. The van der Waals surface area contributed by atoms with Gasteiger partial charge in [-0.2, -0.15) is 0 Å². The summed E-state index contributed by atoms with van der Waals surface area (Å²) < 4.78 is 0. The number of Topliss-reactive ketones (excluding diaryl/α,β-unsaturated/α-hetero) is 2. The van der Waals surface area contributed by atoms with Crippen molar-refractivity contribution >= 4 is 11.6 Å². The van der Waals surface area contributed by atoms with Gasteiger partial charge in [-0.3, -0.25) is 9.59 Å². The molecular formula is C18H22O2. The highest BCUT2D eigenvalue weighted by atomic mass is 16.1. The summed E-state index contributed by atoms with van der Waals surface area (Å²) in [6.07, 6.45) is 7.83. The van der Waals surface area contributed by atoms with Crippen LogP contribution in [0.4, 0.5) is 0 Å². The molecule has 0 atom stereocenters. The van der Waals surface area contributed by atoms with Crippen molar-refractivity contribution in [2.24, 2.45) is 11.8 Å². The molecule has 0 spiro atoms. The third-order valence-electron chi connectivity index (χ3n) is 4.90. The predicted molar refractivity (Wildman–Crippen MR) is 78.5 cm³/mol. The van der Waals surface area contributed by atoms with Gasteiger partial charge in [0.1, 0.15) is 11.6 Å². The number of benzene rings is 1. The van der Waals surface area contributed by atoms with Gasteiger partial charge in [0.05, 0.1) is 0 Å². The maximum Gasteiger partial charge on any atom is 0.140 e. The van der Waals surface area contributed by atoms with Crippen molar-refractivity contribution in [3.63, 3.8) is 0 Å². The van der Waals surface area contributed by atoms with Crippen molar-refractivity contribution in [2.45, 2.75) is 51.4 Å². The summed E-state index contributed by atoms with van der Waals surface area (Å²) in [5, 5.41) is 0. The van der Waals surface area contributed by atoms with E-state index in [0.29, 0.717) is 36.2 Å². The summed E-state index contributed by atoms with van der Waals surface area (Å²) in [4.78, 5) is 23.9. The summed E-state index contributed by atoms with van der Waals surface area (Å²) in [5.41, 5.74) is 2.17. The number of ketones is 2. The van der Waals surface area contributed by atoms with Gasteiger partial charge in [-0.15, -0.1) is 0 Å². The van der Waals surface area contributed by atoms with E-state index in [1.807, 2.05) is 24.3 Å². The Labute approximate surface area is 120 Å². The van der Waals surface area contributed by atoms with E-state index in [2.05, 4.69) is 0 Å². The van der Waals surface area contributed by atoms with Gasteiger partial charge in [0.2, 0.25) is 0 Å². The molecule has 1 aromatic rings. The average Bonchev–Trinajstić information content (AvgIpc) is 2.26. The molecule has 2 aliphatic rings. The van der Waals surface area contributed by atoms with E-state index in [0.717, 1.165) is 36.8 Å². The van der Waals surface area contributed by atoms with Crippen LogP contribution in [0.2, 0.25) is 0 Å². The molecule has 20 heavy (non-hydrogen) atoms. The molecule has 0 heterocycles. The predicted octanol–water partition coefficient (Wildman–Crippen LogP) is 3.51. The molecule has 2 fully saturated rings. The minimum atomic E-state index is 0.315. The van der Waals surface area contributed by atoms with Crippen molar-refractivity contribution in [1.82, 2.24) is 0 Å². The molecule has 0 aliphatic heterocycles. The number of carbonyl (C=O) groups excluding carboxylic acids is 2. The Balaban J connectivity index is 1.53. The van der Waals surface area contributed by atoms with Crippen LogP contribution in [0.25, 0.3) is 0 Å². The van der Waals surface area contributed by atoms with E-state index in [1.54, 1.807) is 0 Å². The molecule has 106 valence electrons. The Kier molecular flexibility index (Phi) is 4.00. The fraction of sp³-hybridized carbons (Fsp3) is 0.556. The Bertz CT molecular complexity index is 446. The lowest BCUT2D eigenvalue weighted by molar-refractivity contribution is -0.125. The average molecular weight is 270 g/mol. The lowest BCUT2D eigenvalue weighted by Crippen LogP contribution is -2.24. The van der Waals surface area contributed by atoms with E-state index in [-0.39, 0.29) is 0 Å². The minimum Gasteiger partial charge on any atom is -0.299 e. The monoisotopic (exact) mass is 270 g/mol. The van der Waals surface area contributed by atoms with Crippen LogP contribution in [-0.2, 0) is 22.4 Å². The molecule has 2 saturated carbocycles. The molecule has 0 aromatic heterocycles. The first-order chi connectivity index (χ1) is 9.72. The Morgan fingerprint density at radius 2 is 1.10 bits per heavy atom. The van der Waals surface area contributed by atoms with Crippen molar-refractivity contribution in [3.8, 4) is 0 Å². The highest BCUT2D eigenvalue weighted by molar-refractivity contribution is 5.85. The standard InChI is InChI=1S/C18H22O2/c19-17(15-3-1-4-15)11-13-7-9-14(10-8-13)12-18(20)16-5-2-6-16/h7-10,15-16H,1-6,11-12H2. The summed E-state index contributed by atoms with van der Waals surface area (Å²) in [5.74, 6) is 1.40. The Morgan fingerprint density at radius 1 is 0.750 bits per heavy atom. The number of rotatable bonds is 6. The number of carbonyl (C=O) groups is 2. The summed E-state index contributed by atoms with van der Waals surface area (Å²) in [7, 11) is 0. The fourth-order valence-electron chi connectivity index (χ4n) is 2.93. The first-order valence-corrected chi connectivity index (χ1v) is 7.85. The van der Waals surface area contributed by atoms with Crippen LogP contribution in [0.5, 0.6) is 0 Å². The first kappa shape index (κ1) is 13.5. The van der Waals surface area contributed by atoms with Gasteiger partial charge in [-0.1, -0.05) is 37.1 Å². The second-order valence-electron chi connectivity index (χ2n) is 6.36. The molecule has 0 bridgehead atoms. The maximum absolute atomic E-state index is 11.9. The van der Waals surface area contributed by atoms with Crippen LogP contribution < -0.4 is 0 Å². The zero-order valence-corrected chi connectivity index (χ0v) is 11.9. The van der Waals surface area contributed by atoms with Crippen LogP contribution in [0.15, 0.2) is 24.3 Å². The Hall–Kier alpha value is -1.44. The second-order valence-corrected chi connectivity index (χ2v) is 6.36. The number of hydrogen-bond donors (Lipinski definition) is 0. The highest BCUT2D eigenvalue weighted by Crippen LogP contribution is 2.29. The molecular weight excluding hydrogens is 248 g/mol. The van der Waals surface area contributed by atoms with Gasteiger partial charge in [-0.25, -0.2) is 0 Å². The molecule has 1 aromatic carbocycles. The second kappa shape index (κ2) is 5.90. The van der Waals surface area contributed by atoms with Crippen LogP contribution in [0, 0.1) is 11.8 Å². The molecule has 2 nitrogen and oxygen atoms in total. The van der Waals surface area contributed by atoms with Crippen molar-refractivity contribution in [2.75, 3.05) is 0 Å². The van der Waals surface area contributed by atoms with Gasteiger partial charge >= 0.3 is 0 Å². The fourth-order valence-corrected chi connectivity index (χ4v) is 2.93. The smallest absolute Gasteiger partial charge is 0.140 e. The summed E-state index contributed by atoms with van der Waals surface area (Å²) in [6, 6.07) is 8.06. The topological polar surface area (TPSA) is 34.1 Å². The van der Waals surface area contributed by atoms with E-state index in [4.69, 9.17) is 0 Å². The van der Waals surface area contributed by atoms with Crippen molar-refractivity contribution in [1.29, 1.82) is 0 Å². The largest absolute Gasteiger partial charge is 0.299 e. The molecule has 2 heteroatoms. The molecule has 0 saturated heterocycles. The third-order valence-corrected chi connectivity index (χ3v) is 4.90. The van der Waals surface area contributed by atoms with Gasteiger partial charge in [-0.05, 0) is 36.8 Å². The van der Waals surface area contributed by atoms with E-state index in [1.165, 1.54) is 12.8 Å². The third kappa shape index (κ3) is 3.00. The van der Waals surface area contributed by atoms with Crippen molar-refractivity contribution < 1.29 is 9.59 Å². The lowest BCUT2D eigenvalue weighted by Gasteiger charge is -2.24. The maximum atomic E-state index is 11.9. The van der Waals surface area contributed by atoms with Crippen LogP contribution >= 0.6 is 0 Å². The van der Waals surface area contributed by atoms with Crippen LogP contribution in [-0.4, -0.2) is 11.6 Å². The highest BCUT2D eigenvalue weighted by Gasteiger charge is 2.26. The molecule has 0 radical (unpaired) electrons. The zero-order chi connectivity index (χ0) is 13.9. The van der Waals surface area contributed by atoms with Gasteiger partial charge < -0.3 is 0 Å². The van der Waals surface area contributed by atoms with E-state index < -0.39 is 0 Å². The normalized spacial score (nSPS) is 19.2. The summed E-state index contributed by atoms with van der Waals surface area (Å²) >= 11 is 0. The summed E-state index contributed by atoms with van der Waals surface area (Å²) in [6.45, 7) is 0. The SMILES string of the molecule is O=C(Cc1ccc(CC(=O)C2CCC2)cc1)C1CCC1. The van der Waals surface area contributed by atoms with Gasteiger partial charge in [0.25, 0.3) is 0 Å². The Morgan fingerprint density at radius 3 is 1.35 bits per heavy atom.